The lowest BCUT2D eigenvalue weighted by atomic mass is 9.97. The number of hydrogen-bond acceptors (Lipinski definition) is 6. The van der Waals surface area contributed by atoms with Gasteiger partial charge >= 0.3 is 5.97 Å². The number of carbonyl (C=O) groups is 4. The van der Waals surface area contributed by atoms with Crippen LogP contribution in [0.5, 0.6) is 0 Å². The van der Waals surface area contributed by atoms with Crippen LogP contribution in [0.1, 0.15) is 33.6 Å². The van der Waals surface area contributed by atoms with Gasteiger partial charge in [-0.3, -0.25) is 19.2 Å². The van der Waals surface area contributed by atoms with E-state index in [0.717, 1.165) is 0 Å². The monoisotopic (exact) mass is 343 g/mol. The number of nitrogens with one attached hydrogen (secondary N) is 1. The maximum atomic E-state index is 12.4. The van der Waals surface area contributed by atoms with Gasteiger partial charge in [-0.05, 0) is 12.8 Å². The fraction of sp³-hybridized carbons (Fsp3) is 0.733. The minimum absolute atomic E-state index is 0.0625. The number of ether oxygens (including phenoxy) is 1. The zero-order chi connectivity index (χ0) is 18.4. The second-order valence-corrected chi connectivity index (χ2v) is 5.95. The molecule has 0 saturated carbocycles. The topological polar surface area (TPSA) is 139 Å². The van der Waals surface area contributed by atoms with Gasteiger partial charge in [0.15, 0.2) is 0 Å². The molecule has 136 valence electrons. The second kappa shape index (κ2) is 8.62. The lowest BCUT2D eigenvalue weighted by molar-refractivity contribution is -0.145. The minimum atomic E-state index is -1.08. The largest absolute Gasteiger partial charge is 0.466 e. The first-order valence-electron chi connectivity index (χ1n) is 7.87. The van der Waals surface area contributed by atoms with E-state index in [9.17, 15) is 24.3 Å². The van der Waals surface area contributed by atoms with Gasteiger partial charge in [-0.1, -0.05) is 6.92 Å². The highest BCUT2D eigenvalue weighted by atomic mass is 16.5. The van der Waals surface area contributed by atoms with E-state index in [1.54, 1.807) is 13.8 Å². The molecule has 0 aromatic rings. The molecule has 0 bridgehead atoms. The molecule has 1 fully saturated rings. The van der Waals surface area contributed by atoms with Crippen LogP contribution in [0.2, 0.25) is 0 Å². The molecule has 3 amide bonds. The quantitative estimate of drug-likeness (QED) is 0.482. The molecule has 4 atom stereocenters. The lowest BCUT2D eigenvalue weighted by Gasteiger charge is -2.26. The molecule has 1 saturated heterocycles. The first-order valence-corrected chi connectivity index (χ1v) is 7.87. The molecule has 1 heterocycles. The zero-order valence-electron chi connectivity index (χ0n) is 14.2. The predicted molar refractivity (Wildman–Crippen MR) is 83.3 cm³/mol. The summed E-state index contributed by atoms with van der Waals surface area (Å²) in [7, 11) is 0. The van der Waals surface area contributed by atoms with E-state index < -0.39 is 41.9 Å². The van der Waals surface area contributed by atoms with Crippen molar-refractivity contribution < 1.29 is 29.0 Å². The highest BCUT2D eigenvalue weighted by Gasteiger charge is 2.39. The minimum Gasteiger partial charge on any atom is -0.466 e. The van der Waals surface area contributed by atoms with Gasteiger partial charge in [0.2, 0.25) is 17.7 Å². The van der Waals surface area contributed by atoms with E-state index in [1.807, 2.05) is 0 Å². The van der Waals surface area contributed by atoms with Crippen LogP contribution in [0.15, 0.2) is 0 Å². The summed E-state index contributed by atoms with van der Waals surface area (Å²) in [4.78, 5) is 48.4. The average molecular weight is 343 g/mol. The number of β-amino-alcohol motifs (C(OH)–C–C–N with tert-alkyl or cyclic N) is 1. The molecule has 1 aliphatic rings. The molecule has 0 aromatic carbocycles. The Morgan fingerprint density at radius 3 is 2.50 bits per heavy atom. The van der Waals surface area contributed by atoms with Crippen LogP contribution in [0, 0.1) is 5.92 Å². The molecule has 1 aliphatic heterocycles. The maximum absolute atomic E-state index is 12.4. The lowest BCUT2D eigenvalue weighted by Crippen LogP contribution is -2.54. The van der Waals surface area contributed by atoms with Crippen LogP contribution in [0.25, 0.3) is 0 Å². The highest BCUT2D eigenvalue weighted by molar-refractivity contribution is 5.92. The number of primary amides is 1. The van der Waals surface area contributed by atoms with Crippen LogP contribution in [0.4, 0.5) is 0 Å². The summed E-state index contributed by atoms with van der Waals surface area (Å²) in [5.41, 5.74) is 5.32. The molecule has 1 rings (SSSR count). The number of amides is 3. The van der Waals surface area contributed by atoms with E-state index in [0.29, 0.717) is 0 Å². The first-order chi connectivity index (χ1) is 11.2. The van der Waals surface area contributed by atoms with Crippen LogP contribution in [0.3, 0.4) is 0 Å². The van der Waals surface area contributed by atoms with Gasteiger partial charge in [-0.25, -0.2) is 0 Å². The molecular weight excluding hydrogens is 318 g/mol. The molecular formula is C15H25N3O6. The highest BCUT2D eigenvalue weighted by Crippen LogP contribution is 2.19. The number of esters is 1. The van der Waals surface area contributed by atoms with Crippen LogP contribution in [-0.4, -0.2) is 65.0 Å². The summed E-state index contributed by atoms with van der Waals surface area (Å²) < 4.78 is 4.82. The summed E-state index contributed by atoms with van der Waals surface area (Å²) in [5, 5.41) is 12.2. The molecule has 24 heavy (non-hydrogen) atoms. The van der Waals surface area contributed by atoms with Gasteiger partial charge in [-0.2, -0.15) is 0 Å². The van der Waals surface area contributed by atoms with E-state index >= 15 is 0 Å². The Morgan fingerprint density at radius 1 is 1.38 bits per heavy atom. The fourth-order valence-electron chi connectivity index (χ4n) is 2.75. The first kappa shape index (κ1) is 19.9. The van der Waals surface area contributed by atoms with Gasteiger partial charge in [0, 0.05) is 19.9 Å². The number of hydrogen-bond donors (Lipinski definition) is 3. The van der Waals surface area contributed by atoms with Crippen molar-refractivity contribution in [2.24, 2.45) is 11.7 Å². The third kappa shape index (κ3) is 5.19. The van der Waals surface area contributed by atoms with Crippen LogP contribution < -0.4 is 11.1 Å². The smallest absolute Gasteiger partial charge is 0.306 e. The number of nitrogens with zero attached hydrogens (tertiary/aromatic N) is 1. The summed E-state index contributed by atoms with van der Waals surface area (Å²) in [6.07, 6.45) is -0.789. The number of nitrogens with two attached hydrogens (primary N) is 1. The van der Waals surface area contributed by atoms with Crippen molar-refractivity contribution >= 4 is 23.7 Å². The number of aliphatic hydroxyl groups excluding tert-OH is 1. The normalized spacial score (nSPS) is 22.6. The Morgan fingerprint density at radius 2 is 2.00 bits per heavy atom. The Kier molecular flexibility index (Phi) is 7.15. The van der Waals surface area contributed by atoms with Gasteiger partial charge in [0.1, 0.15) is 12.1 Å². The van der Waals surface area contributed by atoms with Gasteiger partial charge in [-0.15, -0.1) is 0 Å². The fourth-order valence-corrected chi connectivity index (χ4v) is 2.75. The van der Waals surface area contributed by atoms with E-state index in [2.05, 4.69) is 5.32 Å². The third-order valence-corrected chi connectivity index (χ3v) is 3.95. The van der Waals surface area contributed by atoms with Crippen molar-refractivity contribution in [1.29, 1.82) is 0 Å². The summed E-state index contributed by atoms with van der Waals surface area (Å²) >= 11 is 0. The van der Waals surface area contributed by atoms with Gasteiger partial charge in [0.25, 0.3) is 0 Å². The SMILES string of the molecule is CCOC(=O)C[C@@H](C)[C@H](NC(=O)[C@@H]1C[C@@H](O)CN1C(C)=O)C(N)=O. The maximum Gasteiger partial charge on any atom is 0.306 e. The van der Waals surface area contributed by atoms with Gasteiger partial charge < -0.3 is 25.8 Å². The molecule has 9 heteroatoms. The van der Waals surface area contributed by atoms with Crippen molar-refractivity contribution in [2.45, 2.75) is 51.8 Å². The second-order valence-electron chi connectivity index (χ2n) is 5.95. The van der Waals surface area contributed by atoms with Crippen molar-refractivity contribution in [3.05, 3.63) is 0 Å². The number of aliphatic hydroxyl groups is 1. The summed E-state index contributed by atoms with van der Waals surface area (Å²) in [6, 6.07) is -1.94. The Labute approximate surface area is 140 Å². The van der Waals surface area contributed by atoms with Crippen LogP contribution in [-0.2, 0) is 23.9 Å². The van der Waals surface area contributed by atoms with Gasteiger partial charge in [0.05, 0.1) is 19.1 Å². The molecule has 0 unspecified atom stereocenters. The molecule has 4 N–H and O–H groups in total. The standard InChI is InChI=1S/C15H25N3O6/c1-4-24-12(21)5-8(2)13(14(16)22)17-15(23)11-6-10(20)7-18(11)9(3)19/h8,10-11,13,20H,4-7H2,1-3H3,(H2,16,22)(H,17,23)/t8-,10-,11+,13+/m1/s1. The molecule has 0 radical (unpaired) electrons. The Bertz CT molecular complexity index is 509. The third-order valence-electron chi connectivity index (χ3n) is 3.95. The summed E-state index contributed by atoms with van der Waals surface area (Å²) in [5.74, 6) is -2.77. The predicted octanol–water partition coefficient (Wildman–Crippen LogP) is -1.47. The van der Waals surface area contributed by atoms with E-state index in [-0.39, 0.29) is 31.9 Å². The van der Waals surface area contributed by atoms with Crippen molar-refractivity contribution in [1.82, 2.24) is 10.2 Å². The van der Waals surface area contributed by atoms with Crippen molar-refractivity contribution in [2.75, 3.05) is 13.2 Å². The van der Waals surface area contributed by atoms with E-state index in [1.165, 1.54) is 11.8 Å². The van der Waals surface area contributed by atoms with Crippen LogP contribution >= 0.6 is 0 Å². The average Bonchev–Trinajstić information content (AvgIpc) is 2.86. The zero-order valence-corrected chi connectivity index (χ0v) is 14.2. The number of carbonyl (C=O) groups excluding carboxylic acids is 4. The molecule has 0 aromatic heterocycles. The Hall–Kier alpha value is -2.16. The summed E-state index contributed by atoms with van der Waals surface area (Å²) in [6.45, 7) is 4.84. The molecule has 9 nitrogen and oxygen atoms in total. The molecule has 0 aliphatic carbocycles. The number of likely N-dealkylation sites (tertiary alicyclic amines) is 1. The van der Waals surface area contributed by atoms with Crippen molar-refractivity contribution in [3.8, 4) is 0 Å². The molecule has 0 spiro atoms. The van der Waals surface area contributed by atoms with E-state index in [4.69, 9.17) is 10.5 Å². The Balaban J connectivity index is 2.77. The van der Waals surface area contributed by atoms with Crippen molar-refractivity contribution in [3.63, 3.8) is 0 Å². The number of rotatable bonds is 7.